The summed E-state index contributed by atoms with van der Waals surface area (Å²) in [7, 11) is 0. The number of aromatic nitrogens is 1. The number of nitrogens with one attached hydrogen (secondary N) is 1. The van der Waals surface area contributed by atoms with E-state index < -0.39 is 0 Å². The highest BCUT2D eigenvalue weighted by molar-refractivity contribution is 6.30. The molecule has 11 heteroatoms. The first-order valence-electron chi connectivity index (χ1n) is 11.6. The van der Waals surface area contributed by atoms with Gasteiger partial charge >= 0.3 is 5.69 Å². The lowest BCUT2D eigenvalue weighted by Gasteiger charge is -2.40. The molecule has 202 valence electrons. The van der Waals surface area contributed by atoms with Crippen molar-refractivity contribution in [1.29, 1.82) is 0 Å². The van der Waals surface area contributed by atoms with Crippen LogP contribution in [0.2, 0.25) is 5.02 Å². The number of aryl methyl sites for hydroxylation is 2. The third kappa shape index (κ3) is 8.43. The zero-order valence-corrected chi connectivity index (χ0v) is 24.0. The molecule has 1 aliphatic rings. The molecule has 2 aromatic carbocycles. The number of rotatable bonds is 8. The summed E-state index contributed by atoms with van der Waals surface area (Å²) >= 11 is 6.14. The molecule has 1 N–H and O–H groups in total. The van der Waals surface area contributed by atoms with Crippen LogP contribution < -0.4 is 5.32 Å². The highest BCUT2D eigenvalue weighted by Gasteiger charge is 2.26. The summed E-state index contributed by atoms with van der Waals surface area (Å²) in [4.78, 5) is 20.3. The first-order chi connectivity index (χ1) is 16.4. The van der Waals surface area contributed by atoms with Crippen LogP contribution in [0.3, 0.4) is 0 Å². The van der Waals surface area contributed by atoms with Gasteiger partial charge in [0.2, 0.25) is 0 Å². The monoisotopic (exact) mass is 587 g/mol. The van der Waals surface area contributed by atoms with Crippen molar-refractivity contribution in [3.63, 3.8) is 0 Å². The van der Waals surface area contributed by atoms with E-state index >= 15 is 0 Å². The zero-order chi connectivity index (χ0) is 24.1. The Kier molecular flexibility index (Phi) is 13.6. The van der Waals surface area contributed by atoms with Gasteiger partial charge in [0.15, 0.2) is 0 Å². The van der Waals surface area contributed by atoms with Crippen LogP contribution in [0.5, 0.6) is 0 Å². The molecule has 0 bridgehead atoms. The van der Waals surface area contributed by atoms with Gasteiger partial charge in [-0.15, -0.1) is 37.2 Å². The average molecular weight is 589 g/mol. The number of benzene rings is 2. The molecule has 4 rings (SSSR count). The van der Waals surface area contributed by atoms with E-state index in [-0.39, 0.29) is 53.9 Å². The summed E-state index contributed by atoms with van der Waals surface area (Å²) in [6, 6.07) is 20.6. The number of nitro groups is 1. The van der Waals surface area contributed by atoms with Gasteiger partial charge in [0.1, 0.15) is 11.4 Å². The zero-order valence-electron chi connectivity index (χ0n) is 20.8. The van der Waals surface area contributed by atoms with E-state index in [9.17, 15) is 10.1 Å². The number of hydrogen-bond donors (Lipinski definition) is 1. The first-order valence-corrected chi connectivity index (χ1v) is 11.9. The third-order valence-corrected chi connectivity index (χ3v) is 6.55. The Morgan fingerprint density at radius 3 is 2.16 bits per heavy atom. The van der Waals surface area contributed by atoms with Gasteiger partial charge in [-0.25, -0.2) is 0 Å². The maximum absolute atomic E-state index is 11.5. The SMILES string of the molecule is Cc1cc(NCCN2CCN(C(c3ccccc3)c3ccc(Cl)cc3)CC2)c([N+](=O)[O-])c(C)n1.Cl.Cl.Cl. The Balaban J connectivity index is 0.00000228. The molecule has 0 amide bonds. The average Bonchev–Trinajstić information content (AvgIpc) is 2.81. The largest absolute Gasteiger partial charge is 0.378 e. The smallest absolute Gasteiger partial charge is 0.313 e. The normalized spacial score (nSPS) is 14.5. The van der Waals surface area contributed by atoms with Crippen LogP contribution in [-0.2, 0) is 0 Å². The molecule has 1 aromatic heterocycles. The summed E-state index contributed by atoms with van der Waals surface area (Å²) in [5, 5.41) is 15.5. The molecular weight excluding hydrogens is 556 g/mol. The fourth-order valence-corrected chi connectivity index (χ4v) is 4.80. The summed E-state index contributed by atoms with van der Waals surface area (Å²) in [6.45, 7) is 8.76. The Morgan fingerprint density at radius 2 is 1.57 bits per heavy atom. The fraction of sp³-hybridized carbons (Fsp3) is 0.346. The van der Waals surface area contributed by atoms with Crippen LogP contribution in [0, 0.1) is 24.0 Å². The van der Waals surface area contributed by atoms with Crippen LogP contribution >= 0.6 is 48.8 Å². The minimum absolute atomic E-state index is 0. The van der Waals surface area contributed by atoms with Crippen molar-refractivity contribution in [1.82, 2.24) is 14.8 Å². The number of nitrogens with zero attached hydrogens (tertiary/aromatic N) is 4. The molecule has 7 nitrogen and oxygen atoms in total. The van der Waals surface area contributed by atoms with Crippen molar-refractivity contribution in [2.75, 3.05) is 44.6 Å². The third-order valence-electron chi connectivity index (χ3n) is 6.29. The second kappa shape index (κ2) is 15.3. The number of hydrogen-bond acceptors (Lipinski definition) is 6. The van der Waals surface area contributed by atoms with E-state index in [0.29, 0.717) is 17.9 Å². The lowest BCUT2D eigenvalue weighted by molar-refractivity contribution is -0.384. The van der Waals surface area contributed by atoms with Crippen molar-refractivity contribution >= 4 is 60.2 Å². The van der Waals surface area contributed by atoms with Gasteiger partial charge in [-0.1, -0.05) is 54.1 Å². The van der Waals surface area contributed by atoms with E-state index in [1.807, 2.05) is 25.1 Å². The molecule has 37 heavy (non-hydrogen) atoms. The number of halogens is 4. The van der Waals surface area contributed by atoms with Crippen LogP contribution in [0.1, 0.15) is 28.6 Å². The van der Waals surface area contributed by atoms with Crippen LogP contribution in [-0.4, -0.2) is 59.0 Å². The van der Waals surface area contributed by atoms with Crippen molar-refractivity contribution in [3.8, 4) is 0 Å². The molecule has 1 atom stereocenters. The topological polar surface area (TPSA) is 74.5 Å². The molecule has 0 saturated carbocycles. The lowest BCUT2D eigenvalue weighted by Crippen LogP contribution is -2.48. The molecule has 2 heterocycles. The predicted molar refractivity (Wildman–Crippen MR) is 158 cm³/mol. The maximum Gasteiger partial charge on any atom is 0.313 e. The number of anilines is 1. The molecule has 1 fully saturated rings. The second-order valence-corrected chi connectivity index (χ2v) is 9.11. The van der Waals surface area contributed by atoms with Crippen LogP contribution in [0.25, 0.3) is 0 Å². The minimum Gasteiger partial charge on any atom is -0.378 e. The quantitative estimate of drug-likeness (QED) is 0.244. The molecular formula is C26H33Cl4N5O2. The Bertz CT molecular complexity index is 1130. The molecule has 0 spiro atoms. The Morgan fingerprint density at radius 1 is 0.973 bits per heavy atom. The molecule has 0 radical (unpaired) electrons. The Hall–Kier alpha value is -2.13. The van der Waals surface area contributed by atoms with E-state index in [0.717, 1.165) is 43.4 Å². The Labute approximate surface area is 242 Å². The van der Waals surface area contributed by atoms with E-state index in [2.05, 4.69) is 56.5 Å². The van der Waals surface area contributed by atoms with Gasteiger partial charge in [-0.3, -0.25) is 24.9 Å². The molecule has 1 unspecified atom stereocenters. The summed E-state index contributed by atoms with van der Waals surface area (Å²) in [5.74, 6) is 0. The van der Waals surface area contributed by atoms with Gasteiger partial charge in [-0.2, -0.15) is 0 Å². The second-order valence-electron chi connectivity index (χ2n) is 8.67. The molecule has 1 aliphatic heterocycles. The highest BCUT2D eigenvalue weighted by atomic mass is 35.5. The maximum atomic E-state index is 11.5. The van der Waals surface area contributed by atoms with Crippen molar-refractivity contribution in [3.05, 3.63) is 98.3 Å². The summed E-state index contributed by atoms with van der Waals surface area (Å²) < 4.78 is 0. The molecule has 1 saturated heterocycles. The van der Waals surface area contributed by atoms with Crippen LogP contribution in [0.15, 0.2) is 60.7 Å². The van der Waals surface area contributed by atoms with E-state index in [4.69, 9.17) is 11.6 Å². The standard InChI is InChI=1S/C26H30ClN5O2.3ClH/c1-19-18-24(25(32(33)34)20(2)29-19)28-12-13-30-14-16-31(17-15-30)26(21-6-4-3-5-7-21)22-8-10-23(27)11-9-22;;;/h3-11,18,26H,12-17H2,1-2H3,(H,28,29);3*1H. The van der Waals surface area contributed by atoms with Gasteiger partial charge < -0.3 is 5.32 Å². The van der Waals surface area contributed by atoms with Gasteiger partial charge in [0.05, 0.1) is 11.0 Å². The summed E-state index contributed by atoms with van der Waals surface area (Å²) in [5.41, 5.74) is 4.32. The fourth-order valence-electron chi connectivity index (χ4n) is 4.68. The predicted octanol–water partition coefficient (Wildman–Crippen LogP) is 6.34. The van der Waals surface area contributed by atoms with E-state index in [1.54, 1.807) is 13.0 Å². The van der Waals surface area contributed by atoms with E-state index in [1.165, 1.54) is 11.1 Å². The lowest BCUT2D eigenvalue weighted by atomic mass is 9.96. The van der Waals surface area contributed by atoms with Crippen molar-refractivity contribution in [2.24, 2.45) is 0 Å². The van der Waals surface area contributed by atoms with Gasteiger partial charge in [0.25, 0.3) is 0 Å². The minimum atomic E-state index is -0.358. The highest BCUT2D eigenvalue weighted by Crippen LogP contribution is 2.31. The van der Waals surface area contributed by atoms with Gasteiger partial charge in [0, 0.05) is 50.0 Å². The number of piperazine rings is 1. The first kappa shape index (κ1) is 32.9. The summed E-state index contributed by atoms with van der Waals surface area (Å²) in [6.07, 6.45) is 0. The molecule has 0 aliphatic carbocycles. The molecule has 3 aromatic rings. The number of pyridine rings is 1. The van der Waals surface area contributed by atoms with Crippen molar-refractivity contribution in [2.45, 2.75) is 19.9 Å². The van der Waals surface area contributed by atoms with Crippen LogP contribution in [0.4, 0.5) is 11.4 Å². The van der Waals surface area contributed by atoms with Crippen molar-refractivity contribution < 1.29 is 4.92 Å². The van der Waals surface area contributed by atoms with Gasteiger partial charge in [-0.05, 0) is 43.2 Å².